The first-order valence-electron chi connectivity index (χ1n) is 6.57. The van der Waals surface area contributed by atoms with E-state index in [9.17, 15) is 9.50 Å². The van der Waals surface area contributed by atoms with E-state index in [1.807, 2.05) is 19.9 Å². The van der Waals surface area contributed by atoms with Gasteiger partial charge in [0.05, 0.1) is 6.10 Å². The van der Waals surface area contributed by atoms with Gasteiger partial charge in [0.1, 0.15) is 5.82 Å². The zero-order valence-corrected chi connectivity index (χ0v) is 12.3. The Kier molecular flexibility index (Phi) is 4.55. The Morgan fingerprint density at radius 2 is 1.78 bits per heavy atom. The van der Waals surface area contributed by atoms with E-state index in [2.05, 4.69) is 27.7 Å². The maximum absolute atomic E-state index is 13.9. The Bertz CT molecular complexity index is 395. The summed E-state index contributed by atoms with van der Waals surface area (Å²) in [5.74, 6) is 0.0358. The van der Waals surface area contributed by atoms with Gasteiger partial charge in [0, 0.05) is 5.56 Å². The van der Waals surface area contributed by atoms with Gasteiger partial charge in [-0.15, -0.1) is 0 Å². The second-order valence-electron chi connectivity index (χ2n) is 6.50. The third kappa shape index (κ3) is 3.55. The summed E-state index contributed by atoms with van der Waals surface area (Å²) in [7, 11) is 0. The second-order valence-corrected chi connectivity index (χ2v) is 6.50. The molecular formula is C16H25FO. The van der Waals surface area contributed by atoms with Crippen LogP contribution in [0.4, 0.5) is 4.39 Å². The van der Waals surface area contributed by atoms with E-state index in [0.717, 1.165) is 11.1 Å². The number of aliphatic hydroxyl groups is 1. The van der Waals surface area contributed by atoms with Crippen LogP contribution in [-0.4, -0.2) is 5.11 Å². The molecule has 0 radical (unpaired) electrons. The molecule has 0 aliphatic rings. The van der Waals surface area contributed by atoms with Crippen LogP contribution < -0.4 is 0 Å². The topological polar surface area (TPSA) is 20.2 Å². The third-order valence-corrected chi connectivity index (χ3v) is 3.87. The van der Waals surface area contributed by atoms with Crippen LogP contribution in [0.25, 0.3) is 0 Å². The predicted molar refractivity (Wildman–Crippen MR) is 74.1 cm³/mol. The number of aliphatic hydroxyl groups excluding tert-OH is 1. The number of hydrogen-bond donors (Lipinski definition) is 1. The van der Waals surface area contributed by atoms with Crippen LogP contribution in [-0.2, 0) is 0 Å². The first-order chi connectivity index (χ1) is 8.12. The fourth-order valence-corrected chi connectivity index (χ4v) is 2.16. The third-order valence-electron chi connectivity index (χ3n) is 3.87. The lowest BCUT2D eigenvalue weighted by molar-refractivity contribution is 0.107. The monoisotopic (exact) mass is 252 g/mol. The van der Waals surface area contributed by atoms with Crippen LogP contribution in [0.3, 0.4) is 0 Å². The maximum atomic E-state index is 13.9. The molecular weight excluding hydrogens is 227 g/mol. The summed E-state index contributed by atoms with van der Waals surface area (Å²) in [5.41, 5.74) is 2.30. The highest BCUT2D eigenvalue weighted by Crippen LogP contribution is 2.35. The fourth-order valence-electron chi connectivity index (χ4n) is 2.16. The van der Waals surface area contributed by atoms with Gasteiger partial charge in [0.2, 0.25) is 0 Å². The van der Waals surface area contributed by atoms with Crippen molar-refractivity contribution >= 4 is 0 Å². The standard InChI is InChI=1S/C16H25FO/c1-10-7-11(2)15(13(17)8-10)14(18)9-12(3)16(4,5)6/h7-8,12,14,18H,9H2,1-6H3. The number of aryl methyl sites for hydroxylation is 2. The molecule has 1 rings (SSSR count). The smallest absolute Gasteiger partial charge is 0.129 e. The Morgan fingerprint density at radius 3 is 2.22 bits per heavy atom. The Hall–Kier alpha value is -0.890. The first kappa shape index (κ1) is 15.2. The summed E-state index contributed by atoms with van der Waals surface area (Å²) in [5, 5.41) is 10.3. The molecule has 0 fully saturated rings. The zero-order valence-electron chi connectivity index (χ0n) is 12.3. The molecule has 0 aliphatic carbocycles. The van der Waals surface area contributed by atoms with Crippen molar-refractivity contribution in [2.24, 2.45) is 11.3 Å². The van der Waals surface area contributed by atoms with Crippen LogP contribution in [0, 0.1) is 31.0 Å². The average Bonchev–Trinajstić information content (AvgIpc) is 2.13. The van der Waals surface area contributed by atoms with Gasteiger partial charge in [0.15, 0.2) is 0 Å². The van der Waals surface area contributed by atoms with E-state index in [4.69, 9.17) is 0 Å². The molecule has 0 heterocycles. The molecule has 2 unspecified atom stereocenters. The van der Waals surface area contributed by atoms with E-state index in [0.29, 0.717) is 17.9 Å². The lowest BCUT2D eigenvalue weighted by Crippen LogP contribution is -2.20. The van der Waals surface area contributed by atoms with E-state index in [-0.39, 0.29) is 11.2 Å². The average molecular weight is 252 g/mol. The van der Waals surface area contributed by atoms with Crippen LogP contribution in [0.1, 0.15) is 56.9 Å². The molecule has 1 aromatic carbocycles. The molecule has 1 N–H and O–H groups in total. The molecule has 0 bridgehead atoms. The molecule has 0 aliphatic heterocycles. The SMILES string of the molecule is Cc1cc(C)c(C(O)CC(C)C(C)(C)C)c(F)c1. The lowest BCUT2D eigenvalue weighted by Gasteiger charge is -2.29. The number of hydrogen-bond acceptors (Lipinski definition) is 1. The summed E-state index contributed by atoms with van der Waals surface area (Å²) >= 11 is 0. The van der Waals surface area contributed by atoms with Crippen molar-refractivity contribution in [1.29, 1.82) is 0 Å². The molecule has 0 spiro atoms. The largest absolute Gasteiger partial charge is 0.388 e. The van der Waals surface area contributed by atoms with Gasteiger partial charge in [-0.1, -0.05) is 33.8 Å². The van der Waals surface area contributed by atoms with Gasteiger partial charge in [-0.2, -0.15) is 0 Å². The molecule has 0 aromatic heterocycles. The van der Waals surface area contributed by atoms with Crippen molar-refractivity contribution in [1.82, 2.24) is 0 Å². The number of benzene rings is 1. The molecule has 0 saturated heterocycles. The molecule has 18 heavy (non-hydrogen) atoms. The Balaban J connectivity index is 2.95. The van der Waals surface area contributed by atoms with Crippen molar-refractivity contribution in [3.63, 3.8) is 0 Å². The van der Waals surface area contributed by atoms with Gasteiger partial charge in [-0.3, -0.25) is 0 Å². The molecule has 2 heteroatoms. The van der Waals surface area contributed by atoms with Crippen LogP contribution in [0.2, 0.25) is 0 Å². The van der Waals surface area contributed by atoms with E-state index in [1.165, 1.54) is 6.07 Å². The van der Waals surface area contributed by atoms with Gasteiger partial charge in [-0.05, 0) is 48.8 Å². The van der Waals surface area contributed by atoms with Crippen molar-refractivity contribution in [2.45, 2.75) is 54.1 Å². The minimum Gasteiger partial charge on any atom is -0.388 e. The number of rotatable bonds is 3. The molecule has 1 nitrogen and oxygen atoms in total. The molecule has 0 amide bonds. The highest BCUT2D eigenvalue weighted by atomic mass is 19.1. The van der Waals surface area contributed by atoms with Gasteiger partial charge < -0.3 is 5.11 Å². The van der Waals surface area contributed by atoms with Crippen molar-refractivity contribution in [2.75, 3.05) is 0 Å². The number of halogens is 1. The quantitative estimate of drug-likeness (QED) is 0.836. The first-order valence-corrected chi connectivity index (χ1v) is 6.57. The van der Waals surface area contributed by atoms with E-state index >= 15 is 0 Å². The van der Waals surface area contributed by atoms with E-state index < -0.39 is 6.10 Å². The summed E-state index contributed by atoms with van der Waals surface area (Å²) in [6.45, 7) is 12.2. The summed E-state index contributed by atoms with van der Waals surface area (Å²) in [4.78, 5) is 0. The predicted octanol–water partition coefficient (Wildman–Crippen LogP) is 4.55. The second kappa shape index (κ2) is 5.40. The molecule has 2 atom stereocenters. The van der Waals surface area contributed by atoms with Crippen LogP contribution in [0.15, 0.2) is 12.1 Å². The van der Waals surface area contributed by atoms with Gasteiger partial charge in [0.25, 0.3) is 0 Å². The Labute approximate surface area is 110 Å². The lowest BCUT2D eigenvalue weighted by atomic mass is 9.78. The zero-order chi connectivity index (χ0) is 14.1. The maximum Gasteiger partial charge on any atom is 0.129 e. The van der Waals surface area contributed by atoms with Crippen molar-refractivity contribution in [3.8, 4) is 0 Å². The van der Waals surface area contributed by atoms with E-state index in [1.54, 1.807) is 0 Å². The highest BCUT2D eigenvalue weighted by molar-refractivity contribution is 5.33. The minimum atomic E-state index is -0.722. The summed E-state index contributed by atoms with van der Waals surface area (Å²) in [6.07, 6.45) is -0.135. The minimum absolute atomic E-state index is 0.121. The highest BCUT2D eigenvalue weighted by Gasteiger charge is 2.25. The van der Waals surface area contributed by atoms with Crippen molar-refractivity contribution < 1.29 is 9.50 Å². The molecule has 1 aromatic rings. The van der Waals surface area contributed by atoms with Crippen LogP contribution >= 0.6 is 0 Å². The van der Waals surface area contributed by atoms with Gasteiger partial charge in [-0.25, -0.2) is 4.39 Å². The normalized spacial score (nSPS) is 15.6. The Morgan fingerprint density at radius 1 is 1.22 bits per heavy atom. The van der Waals surface area contributed by atoms with Gasteiger partial charge >= 0.3 is 0 Å². The fraction of sp³-hybridized carbons (Fsp3) is 0.625. The molecule has 0 saturated carbocycles. The summed E-state index contributed by atoms with van der Waals surface area (Å²) < 4.78 is 13.9. The summed E-state index contributed by atoms with van der Waals surface area (Å²) in [6, 6.07) is 3.41. The van der Waals surface area contributed by atoms with Crippen molar-refractivity contribution in [3.05, 3.63) is 34.6 Å². The van der Waals surface area contributed by atoms with Crippen LogP contribution in [0.5, 0.6) is 0 Å². The molecule has 102 valence electrons.